The smallest absolute Gasteiger partial charge is 0.239 e. The van der Waals surface area contributed by atoms with Crippen LogP contribution in [0.25, 0.3) is 67.5 Å². The molecule has 0 unspecified atom stereocenters. The van der Waals surface area contributed by atoms with Crippen molar-refractivity contribution in [2.24, 2.45) is 63.4 Å². The SMILES string of the molecule is Cc1c(-c2c[n+](C)cn2C)c(F)cc(F)c1-c1cccc[n+]1C.Cc1c(-c2c[n+](C)cn2C)cc(C(F)(F)F)cc1-c1cccc[n+]1C.Cc1cc(C)c(-c2cccc[n+]2C)c(C)c1-c1c[n+](C)cn1C. The monoisotopic (exact) mass is 970 g/mol. The predicted molar refractivity (Wildman–Crippen MR) is 265 cm³/mol. The van der Waals surface area contributed by atoms with Gasteiger partial charge in [-0.15, -0.1) is 0 Å². The molecule has 71 heavy (non-hydrogen) atoms. The van der Waals surface area contributed by atoms with Crippen molar-refractivity contribution in [2.45, 2.75) is 40.8 Å². The highest BCUT2D eigenvalue weighted by molar-refractivity contribution is 5.79. The number of halogens is 5. The summed E-state index contributed by atoms with van der Waals surface area (Å²) in [5.41, 5.74) is 14.8. The third-order valence-electron chi connectivity index (χ3n) is 13.1. The average Bonchev–Trinajstić information content (AvgIpc) is 3.93. The summed E-state index contributed by atoms with van der Waals surface area (Å²) in [4.78, 5) is 0. The van der Waals surface area contributed by atoms with E-state index in [4.69, 9.17) is 0 Å². The number of rotatable bonds is 6. The Morgan fingerprint density at radius 3 is 1.27 bits per heavy atom. The number of hydrogen-bond donors (Lipinski definition) is 0. The van der Waals surface area contributed by atoms with Crippen LogP contribution in [0, 0.1) is 46.3 Å². The van der Waals surface area contributed by atoms with Gasteiger partial charge < -0.3 is 0 Å². The molecule has 0 N–H and O–H groups in total. The Labute approximate surface area is 413 Å². The summed E-state index contributed by atoms with van der Waals surface area (Å²) in [6.07, 6.45) is 13.0. The Balaban J connectivity index is 0.000000157. The maximum atomic E-state index is 14.5. The molecule has 6 aromatic heterocycles. The fourth-order valence-electron chi connectivity index (χ4n) is 9.82. The second-order valence-electron chi connectivity index (χ2n) is 18.6. The van der Waals surface area contributed by atoms with E-state index in [0.717, 1.165) is 23.0 Å². The van der Waals surface area contributed by atoms with Crippen molar-refractivity contribution < 1.29 is 49.4 Å². The molecule has 3 aromatic carbocycles. The highest BCUT2D eigenvalue weighted by Gasteiger charge is 2.34. The van der Waals surface area contributed by atoms with E-state index in [9.17, 15) is 22.0 Å². The van der Waals surface area contributed by atoms with E-state index in [1.807, 2.05) is 150 Å². The average molecular weight is 970 g/mol. The number of hydrogen-bond acceptors (Lipinski definition) is 0. The highest BCUT2D eigenvalue weighted by Crippen LogP contribution is 2.39. The minimum Gasteiger partial charge on any atom is -0.239 e. The first-order valence-corrected chi connectivity index (χ1v) is 23.2. The number of pyridine rings is 3. The molecule has 9 rings (SSSR count). The van der Waals surface area contributed by atoms with Crippen LogP contribution in [0.4, 0.5) is 22.0 Å². The predicted octanol–water partition coefficient (Wildman–Crippen LogP) is 8.86. The van der Waals surface area contributed by atoms with Crippen molar-refractivity contribution in [3.8, 4) is 67.5 Å². The van der Waals surface area contributed by atoms with Crippen molar-refractivity contribution >= 4 is 0 Å². The number of aromatic nitrogens is 9. The quantitative estimate of drug-likeness (QED) is 0.118. The molecule has 366 valence electrons. The van der Waals surface area contributed by atoms with E-state index in [2.05, 4.69) is 98.6 Å². The van der Waals surface area contributed by atoms with Crippen LogP contribution in [-0.2, 0) is 69.6 Å². The highest BCUT2D eigenvalue weighted by atomic mass is 19.4. The van der Waals surface area contributed by atoms with Gasteiger partial charge in [-0.1, -0.05) is 6.07 Å². The van der Waals surface area contributed by atoms with Crippen LogP contribution in [0.15, 0.2) is 135 Å². The largest absolute Gasteiger partial charge is 0.416 e. The van der Waals surface area contributed by atoms with Crippen LogP contribution in [0.3, 0.4) is 0 Å². The third kappa shape index (κ3) is 10.5. The molecule has 0 saturated carbocycles. The molecule has 0 fully saturated rings. The lowest BCUT2D eigenvalue weighted by Crippen LogP contribution is -2.30. The standard InChI is InChI=1S/C20H25N3.C19H20F3N3.C18H19F2N3/c1-14-11-15(2)20(18-12-21(4)13-23(18)6)16(3)19(14)17-9-7-8-10-22(17)5;1-13-15(17-7-5-6-8-24(17)3)9-14(19(20,21)22)10-16(13)18-11-23(2)12-25(18)4;1-12-17(15-7-5-6-8-22(15)3)13(19)9-14(20)18(12)16-10-21(2)11-23(16)4/h7-13H,1-6H3;5-12H,1-4H3;5-11H,1-4H3/q3*+2. The van der Waals surface area contributed by atoms with Gasteiger partial charge in [-0.2, -0.15) is 13.2 Å². The van der Waals surface area contributed by atoms with Crippen LogP contribution < -0.4 is 27.4 Å². The van der Waals surface area contributed by atoms with Gasteiger partial charge in [0.05, 0.1) is 70.1 Å². The third-order valence-corrected chi connectivity index (χ3v) is 13.1. The Morgan fingerprint density at radius 2 is 0.817 bits per heavy atom. The van der Waals surface area contributed by atoms with Crippen LogP contribution in [-0.4, -0.2) is 13.7 Å². The first-order chi connectivity index (χ1) is 33.5. The van der Waals surface area contributed by atoms with Crippen LogP contribution in [0.2, 0.25) is 0 Å². The summed E-state index contributed by atoms with van der Waals surface area (Å²) in [6.45, 7) is 10.3. The fraction of sp³-hybridized carbons (Fsp3) is 0.263. The maximum Gasteiger partial charge on any atom is 0.416 e. The Morgan fingerprint density at radius 1 is 0.423 bits per heavy atom. The molecular formula is C57H64F5N9+6. The molecule has 9 nitrogen and oxygen atoms in total. The molecule has 0 radical (unpaired) electrons. The molecule has 0 amide bonds. The van der Waals surface area contributed by atoms with Gasteiger partial charge in [-0.25, -0.2) is 49.9 Å². The van der Waals surface area contributed by atoms with Gasteiger partial charge >= 0.3 is 6.18 Å². The molecule has 14 heteroatoms. The second-order valence-corrected chi connectivity index (χ2v) is 18.6. The minimum atomic E-state index is -4.40. The van der Waals surface area contributed by atoms with Crippen LogP contribution in [0.5, 0.6) is 0 Å². The van der Waals surface area contributed by atoms with Gasteiger partial charge in [0.1, 0.15) is 51.4 Å². The maximum absolute atomic E-state index is 14.5. The normalized spacial score (nSPS) is 11.3. The number of nitrogens with zero attached hydrogens (tertiary/aromatic N) is 9. The lowest BCUT2D eigenvalue weighted by Gasteiger charge is -2.14. The molecule has 0 spiro atoms. The molecule has 0 aliphatic rings. The molecule has 0 bridgehead atoms. The van der Waals surface area contributed by atoms with E-state index in [1.165, 1.54) is 51.3 Å². The molecule has 0 atom stereocenters. The van der Waals surface area contributed by atoms with Crippen molar-refractivity contribution in [1.29, 1.82) is 0 Å². The molecule has 0 aliphatic heterocycles. The zero-order valence-corrected chi connectivity index (χ0v) is 43.1. The van der Waals surface area contributed by atoms with E-state index in [-0.39, 0.29) is 0 Å². The summed E-state index contributed by atoms with van der Waals surface area (Å²) < 4.78 is 87.0. The lowest BCUT2D eigenvalue weighted by atomic mass is 9.90. The van der Waals surface area contributed by atoms with Gasteiger partial charge in [0.2, 0.25) is 36.1 Å². The van der Waals surface area contributed by atoms with Crippen LogP contribution in [0.1, 0.15) is 33.4 Å². The molecule has 0 aliphatic carbocycles. The van der Waals surface area contributed by atoms with Gasteiger partial charge in [0.25, 0.3) is 0 Å². The molecular weight excluding hydrogens is 906 g/mol. The summed E-state index contributed by atoms with van der Waals surface area (Å²) >= 11 is 0. The molecule has 9 aromatic rings. The van der Waals surface area contributed by atoms with Crippen molar-refractivity contribution in [3.63, 3.8) is 0 Å². The zero-order valence-electron chi connectivity index (χ0n) is 43.1. The lowest BCUT2D eigenvalue weighted by molar-refractivity contribution is -0.670. The summed E-state index contributed by atoms with van der Waals surface area (Å²) in [5, 5.41) is 0. The summed E-state index contributed by atoms with van der Waals surface area (Å²) in [7, 11) is 17.4. The van der Waals surface area contributed by atoms with Gasteiger partial charge in [-0.3, -0.25) is 0 Å². The summed E-state index contributed by atoms with van der Waals surface area (Å²) in [6, 6.07) is 23.2. The van der Waals surface area contributed by atoms with Crippen molar-refractivity contribution in [2.75, 3.05) is 0 Å². The number of aryl methyl sites for hydroxylation is 11. The Hall–Kier alpha value is -7.61. The van der Waals surface area contributed by atoms with Gasteiger partial charge in [0, 0.05) is 53.6 Å². The zero-order chi connectivity index (χ0) is 51.8. The molecule has 6 heterocycles. The number of alkyl halides is 3. The number of benzene rings is 3. The first kappa shape index (κ1) is 51.2. The first-order valence-electron chi connectivity index (χ1n) is 23.2. The minimum absolute atomic E-state index is 0.424. The van der Waals surface area contributed by atoms with E-state index in [0.29, 0.717) is 39.2 Å². The van der Waals surface area contributed by atoms with E-state index < -0.39 is 23.4 Å². The van der Waals surface area contributed by atoms with Crippen molar-refractivity contribution in [3.05, 3.63) is 180 Å². The Kier molecular flexibility index (Phi) is 14.7. The van der Waals surface area contributed by atoms with Crippen LogP contribution >= 0.6 is 0 Å². The van der Waals surface area contributed by atoms with E-state index in [1.54, 1.807) is 6.92 Å². The van der Waals surface area contributed by atoms with Gasteiger partial charge in [-0.05, 0) is 92.8 Å². The summed E-state index contributed by atoms with van der Waals surface area (Å²) in [5.74, 6) is -1.10. The molecule has 0 saturated heterocycles. The fourth-order valence-corrected chi connectivity index (χ4v) is 9.82. The van der Waals surface area contributed by atoms with Gasteiger partial charge in [0.15, 0.2) is 35.7 Å². The van der Waals surface area contributed by atoms with E-state index >= 15 is 0 Å². The second kappa shape index (κ2) is 20.4. The Bertz CT molecular complexity index is 3300. The number of imidazole rings is 3. The van der Waals surface area contributed by atoms with Crippen molar-refractivity contribution in [1.82, 2.24) is 13.7 Å². The topological polar surface area (TPSA) is 38.1 Å².